The number of fused-ring (bicyclic) bond motifs is 1. The summed E-state index contributed by atoms with van der Waals surface area (Å²) < 4.78 is 1.02. The maximum atomic E-state index is 12.8. The molecule has 2 aromatic rings. The number of carbonyl (C=O) groups excluding carboxylic acids is 1. The second-order valence-electron chi connectivity index (χ2n) is 7.22. The Hall–Kier alpha value is -2.11. The van der Waals surface area contributed by atoms with E-state index in [1.165, 1.54) is 11.1 Å². The van der Waals surface area contributed by atoms with Gasteiger partial charge in [-0.25, -0.2) is 0 Å². The van der Waals surface area contributed by atoms with Gasteiger partial charge in [0.15, 0.2) is 5.78 Å². The Kier molecular flexibility index (Phi) is 6.57. The number of ketones is 1. The molecule has 0 aromatic heterocycles. The highest BCUT2D eigenvalue weighted by Crippen LogP contribution is 2.41. The van der Waals surface area contributed by atoms with Crippen LogP contribution in [0.2, 0.25) is 0 Å². The lowest BCUT2D eigenvalue weighted by molar-refractivity contribution is -0.116. The number of benzene rings is 2. The summed E-state index contributed by atoms with van der Waals surface area (Å²) in [5, 5.41) is 14.8. The fourth-order valence-electron chi connectivity index (χ4n) is 3.69. The Labute approximate surface area is 175 Å². The standard InChI is InChI=1S/C21H21BrN2O.C2H6O/c1-12-9-17-18(10-13(12)2)24-21(14-5-3-6-15(22)11-14)20-16(23-17)7-4-8-19(20)25;1-2-3/h3,5-6,9-11,21,23-24H,4,7-8H2,1-2H3;3H,2H2,1H3. The maximum absolute atomic E-state index is 12.8. The number of allylic oxidation sites excluding steroid dienone is 1. The third-order valence-corrected chi connectivity index (χ3v) is 5.64. The Balaban J connectivity index is 0.000000706. The van der Waals surface area contributed by atoms with Gasteiger partial charge >= 0.3 is 0 Å². The number of hydrogen-bond donors (Lipinski definition) is 3. The van der Waals surface area contributed by atoms with Gasteiger partial charge in [-0.2, -0.15) is 0 Å². The molecule has 0 amide bonds. The molecule has 0 bridgehead atoms. The van der Waals surface area contributed by atoms with Crippen molar-refractivity contribution in [3.8, 4) is 0 Å². The van der Waals surface area contributed by atoms with Crippen molar-refractivity contribution in [3.05, 3.63) is 68.8 Å². The first-order chi connectivity index (χ1) is 13.4. The van der Waals surface area contributed by atoms with Crippen molar-refractivity contribution in [2.45, 2.75) is 46.1 Å². The van der Waals surface area contributed by atoms with E-state index >= 15 is 0 Å². The van der Waals surface area contributed by atoms with Crippen molar-refractivity contribution in [2.75, 3.05) is 17.2 Å². The molecular weight excluding hydrogens is 416 g/mol. The molecule has 0 fully saturated rings. The molecule has 4 rings (SSSR count). The summed E-state index contributed by atoms with van der Waals surface area (Å²) in [5.74, 6) is 0.243. The van der Waals surface area contributed by atoms with E-state index < -0.39 is 0 Å². The molecule has 5 heteroatoms. The van der Waals surface area contributed by atoms with Crippen LogP contribution in [0.1, 0.15) is 48.9 Å². The van der Waals surface area contributed by atoms with Gasteiger partial charge in [-0.15, -0.1) is 0 Å². The first-order valence-electron chi connectivity index (χ1n) is 9.72. The summed E-state index contributed by atoms with van der Waals surface area (Å²) in [6.45, 7) is 6.17. The van der Waals surface area contributed by atoms with E-state index in [-0.39, 0.29) is 18.4 Å². The number of nitrogens with one attached hydrogen (secondary N) is 2. The molecule has 1 heterocycles. The van der Waals surface area contributed by atoms with Crippen molar-refractivity contribution in [1.82, 2.24) is 0 Å². The Bertz CT molecular complexity index is 921. The second kappa shape index (κ2) is 8.93. The van der Waals surface area contributed by atoms with Crippen LogP contribution in [0.4, 0.5) is 11.4 Å². The first-order valence-corrected chi connectivity index (χ1v) is 10.5. The number of halogens is 1. The summed E-state index contributed by atoms with van der Waals surface area (Å²) in [5.41, 5.74) is 7.65. The lowest BCUT2D eigenvalue weighted by atomic mass is 9.87. The molecule has 2 aliphatic rings. The molecule has 28 heavy (non-hydrogen) atoms. The average Bonchev–Trinajstić information content (AvgIpc) is 2.80. The van der Waals surface area contributed by atoms with Crippen LogP contribution in [0.25, 0.3) is 0 Å². The van der Waals surface area contributed by atoms with Crippen molar-refractivity contribution in [1.29, 1.82) is 0 Å². The minimum Gasteiger partial charge on any atom is -0.397 e. The molecule has 148 valence electrons. The average molecular weight is 443 g/mol. The largest absolute Gasteiger partial charge is 0.397 e. The summed E-state index contributed by atoms with van der Waals surface area (Å²) >= 11 is 3.56. The molecule has 2 aromatic carbocycles. The molecule has 0 saturated heterocycles. The van der Waals surface area contributed by atoms with Crippen LogP contribution >= 0.6 is 15.9 Å². The van der Waals surface area contributed by atoms with E-state index in [0.29, 0.717) is 6.42 Å². The number of hydrogen-bond acceptors (Lipinski definition) is 4. The molecule has 4 nitrogen and oxygen atoms in total. The number of rotatable bonds is 1. The van der Waals surface area contributed by atoms with E-state index in [2.05, 4.69) is 64.7 Å². The third kappa shape index (κ3) is 4.31. The third-order valence-electron chi connectivity index (χ3n) is 5.15. The molecule has 3 N–H and O–H groups in total. The lowest BCUT2D eigenvalue weighted by Crippen LogP contribution is -2.23. The number of anilines is 2. The van der Waals surface area contributed by atoms with Crippen LogP contribution in [0, 0.1) is 13.8 Å². The first kappa shape index (κ1) is 20.6. The number of carbonyl (C=O) groups is 1. The van der Waals surface area contributed by atoms with Crippen LogP contribution in [-0.2, 0) is 4.79 Å². The monoisotopic (exact) mass is 442 g/mol. The summed E-state index contributed by atoms with van der Waals surface area (Å²) in [6.07, 6.45) is 2.46. The minimum absolute atomic E-state index is 0.129. The van der Waals surface area contributed by atoms with Crippen LogP contribution in [0.15, 0.2) is 52.1 Å². The van der Waals surface area contributed by atoms with Gasteiger partial charge < -0.3 is 15.7 Å². The number of aryl methyl sites for hydroxylation is 2. The van der Waals surface area contributed by atoms with Crippen molar-refractivity contribution >= 4 is 33.1 Å². The van der Waals surface area contributed by atoms with Crippen molar-refractivity contribution < 1.29 is 9.90 Å². The fraction of sp³-hybridized carbons (Fsp3) is 0.348. The molecule has 1 atom stereocenters. The van der Waals surface area contributed by atoms with Crippen LogP contribution in [0.5, 0.6) is 0 Å². The van der Waals surface area contributed by atoms with E-state index in [1.807, 2.05) is 12.1 Å². The summed E-state index contributed by atoms with van der Waals surface area (Å²) in [4.78, 5) is 12.8. The van der Waals surface area contributed by atoms with Gasteiger partial charge in [-0.3, -0.25) is 4.79 Å². The molecular formula is C23H27BrN2O2. The van der Waals surface area contributed by atoms with Crippen molar-refractivity contribution in [3.63, 3.8) is 0 Å². The number of aliphatic hydroxyl groups excluding tert-OH is 1. The van der Waals surface area contributed by atoms with Gasteiger partial charge in [0.25, 0.3) is 0 Å². The predicted octanol–water partition coefficient (Wildman–Crippen LogP) is 5.65. The zero-order valence-electron chi connectivity index (χ0n) is 16.6. The maximum Gasteiger partial charge on any atom is 0.163 e. The van der Waals surface area contributed by atoms with E-state index in [9.17, 15) is 4.79 Å². The van der Waals surface area contributed by atoms with Crippen LogP contribution in [0.3, 0.4) is 0 Å². The molecule has 0 spiro atoms. The minimum atomic E-state index is -0.129. The highest BCUT2D eigenvalue weighted by atomic mass is 79.9. The molecule has 0 saturated carbocycles. The lowest BCUT2D eigenvalue weighted by Gasteiger charge is -2.25. The molecule has 1 aliphatic carbocycles. The molecule has 1 unspecified atom stereocenters. The molecule has 0 radical (unpaired) electrons. The smallest absolute Gasteiger partial charge is 0.163 e. The Morgan fingerprint density at radius 2 is 1.79 bits per heavy atom. The van der Waals surface area contributed by atoms with Gasteiger partial charge in [0.05, 0.1) is 17.4 Å². The van der Waals surface area contributed by atoms with E-state index in [1.54, 1.807) is 6.92 Å². The van der Waals surface area contributed by atoms with Gasteiger partial charge in [0, 0.05) is 28.8 Å². The number of aliphatic hydroxyl groups is 1. The highest BCUT2D eigenvalue weighted by Gasteiger charge is 2.32. The van der Waals surface area contributed by atoms with Crippen LogP contribution in [-0.4, -0.2) is 17.5 Å². The Morgan fingerprint density at radius 1 is 1.11 bits per heavy atom. The normalized spacial score (nSPS) is 18.0. The summed E-state index contributed by atoms with van der Waals surface area (Å²) in [6, 6.07) is 12.4. The topological polar surface area (TPSA) is 61.4 Å². The van der Waals surface area contributed by atoms with E-state index in [0.717, 1.165) is 45.5 Å². The van der Waals surface area contributed by atoms with Gasteiger partial charge in [-0.05, 0) is 74.6 Å². The van der Waals surface area contributed by atoms with Crippen molar-refractivity contribution in [2.24, 2.45) is 0 Å². The zero-order chi connectivity index (χ0) is 20.3. The quantitative estimate of drug-likeness (QED) is 0.533. The number of Topliss-reactive ketones (excluding diaryl/α,β-unsaturated/α-hetero) is 1. The molecule has 1 aliphatic heterocycles. The summed E-state index contributed by atoms with van der Waals surface area (Å²) in [7, 11) is 0. The predicted molar refractivity (Wildman–Crippen MR) is 119 cm³/mol. The van der Waals surface area contributed by atoms with Gasteiger partial charge in [0.2, 0.25) is 0 Å². The zero-order valence-corrected chi connectivity index (χ0v) is 18.2. The van der Waals surface area contributed by atoms with Crippen LogP contribution < -0.4 is 10.6 Å². The second-order valence-corrected chi connectivity index (χ2v) is 8.14. The highest BCUT2D eigenvalue weighted by molar-refractivity contribution is 9.10. The van der Waals surface area contributed by atoms with E-state index in [4.69, 9.17) is 5.11 Å². The van der Waals surface area contributed by atoms with Gasteiger partial charge in [0.1, 0.15) is 0 Å². The Morgan fingerprint density at radius 3 is 2.46 bits per heavy atom. The van der Waals surface area contributed by atoms with Gasteiger partial charge in [-0.1, -0.05) is 28.1 Å². The SMILES string of the molecule is CCO.Cc1cc2c(cc1C)NC(c1cccc(Br)c1)C1=C(CCCC1=O)N2. The fourth-order valence-corrected chi connectivity index (χ4v) is 4.11.